The van der Waals surface area contributed by atoms with Crippen molar-refractivity contribution < 1.29 is 44.9 Å². The number of nitrogens with one attached hydrogen (secondary N) is 1. The minimum atomic E-state index is -1.65. The van der Waals surface area contributed by atoms with E-state index in [0.29, 0.717) is 18.5 Å². The number of aromatic nitrogens is 2. The summed E-state index contributed by atoms with van der Waals surface area (Å²) in [7, 11) is 0. The van der Waals surface area contributed by atoms with Gasteiger partial charge in [-0.2, -0.15) is 5.10 Å². The molecule has 1 aromatic heterocycles. The number of benzene rings is 1. The van der Waals surface area contributed by atoms with Gasteiger partial charge in [-0.05, 0) is 31.2 Å². The Labute approximate surface area is 374 Å². The number of unbranched alkanes of at least 4 members (excludes halogenated alkanes) is 24. The largest absolute Gasteiger partial charge is 0.394 e. The molecule has 0 aliphatic carbocycles. The second-order valence-corrected chi connectivity index (χ2v) is 18.0. The van der Waals surface area contributed by atoms with Gasteiger partial charge in [0.15, 0.2) is 6.29 Å². The first-order valence-corrected chi connectivity index (χ1v) is 24.9. The van der Waals surface area contributed by atoms with E-state index in [1.54, 1.807) is 10.9 Å². The summed E-state index contributed by atoms with van der Waals surface area (Å²) in [5.41, 5.74) is 1.75. The monoisotopic (exact) mass is 874 g/mol. The van der Waals surface area contributed by atoms with E-state index in [1.165, 1.54) is 121 Å². The summed E-state index contributed by atoms with van der Waals surface area (Å²) in [5, 5.41) is 70.4. The number of aliphatic hydroxyl groups is 6. The van der Waals surface area contributed by atoms with Gasteiger partial charge in [-0.15, -0.1) is 0 Å². The van der Waals surface area contributed by atoms with E-state index in [4.69, 9.17) is 9.47 Å². The maximum Gasteiger partial charge on any atom is 0.220 e. The van der Waals surface area contributed by atoms with Crippen LogP contribution in [-0.2, 0) is 27.2 Å². The number of carbonyl (C=O) groups is 1. The standard InChI is InChI=1S/C50H87N3O9/c1-2-3-4-5-6-7-8-9-10-11-12-13-14-15-16-17-18-19-20-23-29-34-44(55)52-42(39-61-50-49(60)48(59)47(58)43(38-54)62-50)46(57)45(56)41-36-51-53(37-41)35-30-24-21-22-26-31-40-32-27-25-28-33-40/h25,27-28,32-33,36-37,42-43,45-50,54,56-60H,2-24,26,29-31,34-35,38-39H2,1H3,(H,52,55)/t42-,43+,45+,46-,47-,48-,49+,50-/m0/s1. The molecule has 3 rings (SSSR count). The molecular weight excluding hydrogens is 787 g/mol. The van der Waals surface area contributed by atoms with Gasteiger partial charge in [0.1, 0.15) is 36.6 Å². The summed E-state index contributed by atoms with van der Waals surface area (Å²) in [4.78, 5) is 13.2. The summed E-state index contributed by atoms with van der Waals surface area (Å²) in [6.45, 7) is 1.94. The molecule has 12 heteroatoms. The Morgan fingerprint density at radius 2 is 1.23 bits per heavy atom. The Hall–Kier alpha value is -2.42. The molecule has 0 spiro atoms. The fraction of sp³-hybridized carbons (Fsp3) is 0.800. The van der Waals surface area contributed by atoms with Gasteiger partial charge in [0.2, 0.25) is 5.91 Å². The predicted octanol–water partition coefficient (Wildman–Crippen LogP) is 8.37. The molecule has 0 unspecified atom stereocenters. The summed E-state index contributed by atoms with van der Waals surface area (Å²) < 4.78 is 12.9. The Morgan fingerprint density at radius 1 is 0.710 bits per heavy atom. The Balaban J connectivity index is 1.33. The van der Waals surface area contributed by atoms with E-state index in [9.17, 15) is 35.4 Å². The molecular formula is C50H87N3O9. The fourth-order valence-corrected chi connectivity index (χ4v) is 8.48. The summed E-state index contributed by atoms with van der Waals surface area (Å²) in [6, 6.07) is 9.39. The van der Waals surface area contributed by atoms with Crippen molar-refractivity contribution in [2.24, 2.45) is 0 Å². The van der Waals surface area contributed by atoms with Gasteiger partial charge in [-0.3, -0.25) is 9.48 Å². The lowest BCUT2D eigenvalue weighted by Crippen LogP contribution is -2.60. The molecule has 1 aliphatic rings. The van der Waals surface area contributed by atoms with Crippen molar-refractivity contribution in [3.05, 3.63) is 53.9 Å². The molecule has 62 heavy (non-hydrogen) atoms. The highest BCUT2D eigenvalue weighted by molar-refractivity contribution is 5.76. The third-order valence-corrected chi connectivity index (χ3v) is 12.6. The first-order valence-electron chi connectivity index (χ1n) is 24.9. The third kappa shape index (κ3) is 22.5. The van der Waals surface area contributed by atoms with Crippen molar-refractivity contribution in [2.75, 3.05) is 13.2 Å². The van der Waals surface area contributed by atoms with Crippen LogP contribution in [0.4, 0.5) is 0 Å². The number of carbonyl (C=O) groups excluding carboxylic acids is 1. The number of hydrogen-bond acceptors (Lipinski definition) is 10. The molecule has 1 saturated heterocycles. The smallest absolute Gasteiger partial charge is 0.220 e. The lowest BCUT2D eigenvalue weighted by Gasteiger charge is -2.40. The number of ether oxygens (including phenoxy) is 2. The maximum atomic E-state index is 13.2. The molecule has 0 radical (unpaired) electrons. The normalized spacial score (nSPS) is 20.6. The van der Waals surface area contributed by atoms with Crippen LogP contribution in [0, 0.1) is 0 Å². The second kappa shape index (κ2) is 34.0. The third-order valence-electron chi connectivity index (χ3n) is 12.6. The van der Waals surface area contributed by atoms with Gasteiger partial charge in [0.25, 0.3) is 0 Å². The van der Waals surface area contributed by atoms with E-state index in [2.05, 4.69) is 41.6 Å². The van der Waals surface area contributed by atoms with Crippen molar-refractivity contribution in [3.8, 4) is 0 Å². The first-order chi connectivity index (χ1) is 30.2. The van der Waals surface area contributed by atoms with Crippen molar-refractivity contribution in [1.82, 2.24) is 15.1 Å². The molecule has 0 bridgehead atoms. The lowest BCUT2D eigenvalue weighted by molar-refractivity contribution is -0.303. The maximum absolute atomic E-state index is 13.2. The fourth-order valence-electron chi connectivity index (χ4n) is 8.48. The molecule has 1 aliphatic heterocycles. The number of hydrogen-bond donors (Lipinski definition) is 7. The minimum Gasteiger partial charge on any atom is -0.394 e. The number of rotatable bonds is 38. The molecule has 1 fully saturated rings. The van der Waals surface area contributed by atoms with Crippen molar-refractivity contribution in [3.63, 3.8) is 0 Å². The average molecular weight is 874 g/mol. The van der Waals surface area contributed by atoms with Crippen LogP contribution in [0.1, 0.15) is 198 Å². The minimum absolute atomic E-state index is 0.239. The zero-order chi connectivity index (χ0) is 44.6. The lowest BCUT2D eigenvalue weighted by atomic mass is 9.99. The van der Waals surface area contributed by atoms with Crippen LogP contribution in [0.2, 0.25) is 0 Å². The van der Waals surface area contributed by atoms with E-state index >= 15 is 0 Å². The Kier molecular flexibility index (Phi) is 29.6. The second-order valence-electron chi connectivity index (χ2n) is 18.0. The van der Waals surface area contributed by atoms with Gasteiger partial charge in [0, 0.05) is 24.7 Å². The zero-order valence-corrected chi connectivity index (χ0v) is 38.4. The summed E-state index contributed by atoms with van der Waals surface area (Å²) in [5.74, 6) is -0.309. The molecule has 12 nitrogen and oxygen atoms in total. The van der Waals surface area contributed by atoms with E-state index in [1.807, 2.05) is 6.07 Å². The molecule has 2 aromatic rings. The molecule has 1 aromatic carbocycles. The molecule has 356 valence electrons. The van der Waals surface area contributed by atoms with E-state index < -0.39 is 55.6 Å². The van der Waals surface area contributed by atoms with Gasteiger partial charge >= 0.3 is 0 Å². The van der Waals surface area contributed by atoms with E-state index in [0.717, 1.165) is 57.8 Å². The number of aliphatic hydroxyl groups excluding tert-OH is 6. The average Bonchev–Trinajstić information content (AvgIpc) is 3.76. The molecule has 2 heterocycles. The number of nitrogens with zero attached hydrogens (tertiary/aromatic N) is 2. The molecule has 8 atom stereocenters. The molecule has 0 saturated carbocycles. The highest BCUT2D eigenvalue weighted by Crippen LogP contribution is 2.25. The first kappa shape index (κ1) is 53.9. The van der Waals surface area contributed by atoms with E-state index in [-0.39, 0.29) is 18.9 Å². The Morgan fingerprint density at radius 3 is 1.77 bits per heavy atom. The van der Waals surface area contributed by atoms with Gasteiger partial charge < -0.3 is 45.4 Å². The van der Waals surface area contributed by atoms with Crippen molar-refractivity contribution >= 4 is 5.91 Å². The highest BCUT2D eigenvalue weighted by atomic mass is 16.7. The predicted molar refractivity (Wildman–Crippen MR) is 245 cm³/mol. The van der Waals surface area contributed by atoms with Crippen molar-refractivity contribution in [2.45, 2.75) is 242 Å². The molecule has 7 N–H and O–H groups in total. The van der Waals surface area contributed by atoms with Crippen LogP contribution in [0.5, 0.6) is 0 Å². The zero-order valence-electron chi connectivity index (χ0n) is 38.4. The quantitative estimate of drug-likeness (QED) is 0.0323. The van der Waals surface area contributed by atoms with Crippen LogP contribution >= 0.6 is 0 Å². The molecule has 1 amide bonds. The topological polar surface area (TPSA) is 187 Å². The van der Waals surface area contributed by atoms with Crippen LogP contribution < -0.4 is 5.32 Å². The Bertz CT molecular complexity index is 1360. The van der Waals surface area contributed by atoms with Gasteiger partial charge in [-0.1, -0.05) is 185 Å². The van der Waals surface area contributed by atoms with Gasteiger partial charge in [-0.25, -0.2) is 0 Å². The van der Waals surface area contributed by atoms with Crippen molar-refractivity contribution in [1.29, 1.82) is 0 Å². The summed E-state index contributed by atoms with van der Waals surface area (Å²) >= 11 is 0. The number of amides is 1. The van der Waals surface area contributed by atoms with Crippen LogP contribution in [-0.4, -0.2) is 102 Å². The summed E-state index contributed by atoms with van der Waals surface area (Å²) in [6.07, 6.45) is 26.4. The van der Waals surface area contributed by atoms with Crippen LogP contribution in [0.25, 0.3) is 0 Å². The highest BCUT2D eigenvalue weighted by Gasteiger charge is 2.44. The van der Waals surface area contributed by atoms with Gasteiger partial charge in [0.05, 0.1) is 25.5 Å². The van der Waals surface area contributed by atoms with Crippen LogP contribution in [0.3, 0.4) is 0 Å². The van der Waals surface area contributed by atoms with Crippen LogP contribution in [0.15, 0.2) is 42.7 Å². The number of aryl methyl sites for hydroxylation is 2. The SMILES string of the molecule is CCCCCCCCCCCCCCCCCCCCCCCC(=O)N[C@@H](CO[C@H]1O[C@H](CO)[C@H](O)[C@H](O)[C@H]1O)[C@H](O)[C@H](O)c1cnn(CCCCCCCc2ccccc2)c1.